The summed E-state index contributed by atoms with van der Waals surface area (Å²) in [5, 5.41) is 1.30. The Morgan fingerprint density at radius 2 is 1.66 bits per heavy atom. The van der Waals surface area contributed by atoms with Crippen LogP contribution in [0.25, 0.3) is 22.1 Å². The summed E-state index contributed by atoms with van der Waals surface area (Å²) in [4.78, 5) is 13.0. The van der Waals surface area contributed by atoms with Crippen molar-refractivity contribution in [3.8, 4) is 11.1 Å². The maximum Gasteiger partial charge on any atom is 0.471 e. The van der Waals surface area contributed by atoms with Gasteiger partial charge >= 0.3 is 12.1 Å². The van der Waals surface area contributed by atoms with Gasteiger partial charge in [0.05, 0.1) is 6.54 Å². The molecule has 4 rings (SSSR count). The minimum absolute atomic E-state index is 0.199. The van der Waals surface area contributed by atoms with Crippen LogP contribution in [0.4, 0.5) is 13.2 Å². The van der Waals surface area contributed by atoms with Crippen LogP contribution in [0, 0.1) is 6.92 Å². The molecule has 0 atom stereocenters. The van der Waals surface area contributed by atoms with E-state index in [1.54, 1.807) is 60.7 Å². The second-order valence-electron chi connectivity index (χ2n) is 7.55. The van der Waals surface area contributed by atoms with E-state index in [4.69, 9.17) is 16.0 Å². The summed E-state index contributed by atoms with van der Waals surface area (Å²) in [6.07, 6.45) is -5.00. The van der Waals surface area contributed by atoms with Gasteiger partial charge in [0.1, 0.15) is 11.3 Å². The number of hydrogen-bond acceptors (Lipinski definition) is 2. The zero-order chi connectivity index (χ0) is 22.9. The van der Waals surface area contributed by atoms with Crippen molar-refractivity contribution in [3.05, 3.63) is 94.7 Å². The van der Waals surface area contributed by atoms with Gasteiger partial charge in [-0.05, 0) is 42.3 Å². The van der Waals surface area contributed by atoms with Gasteiger partial charge in [0.2, 0.25) is 0 Å². The second kappa shape index (κ2) is 8.71. The Morgan fingerprint density at radius 3 is 2.31 bits per heavy atom. The number of furan rings is 1. The Morgan fingerprint density at radius 1 is 0.969 bits per heavy atom. The van der Waals surface area contributed by atoms with Gasteiger partial charge in [0.15, 0.2) is 0 Å². The largest absolute Gasteiger partial charge is 0.471 e. The molecule has 164 valence electrons. The van der Waals surface area contributed by atoms with E-state index >= 15 is 0 Å². The first kappa shape index (κ1) is 22.0. The summed E-state index contributed by atoms with van der Waals surface area (Å²) in [5.74, 6) is -1.64. The zero-order valence-electron chi connectivity index (χ0n) is 17.1. The number of nitrogens with zero attached hydrogens (tertiary/aromatic N) is 1. The number of rotatable bonds is 5. The second-order valence-corrected chi connectivity index (χ2v) is 7.99. The number of carbonyl (C=O) groups excluding carboxylic acids is 1. The molecule has 0 aliphatic heterocycles. The number of benzene rings is 3. The van der Waals surface area contributed by atoms with Crippen molar-refractivity contribution in [1.82, 2.24) is 4.90 Å². The van der Waals surface area contributed by atoms with Gasteiger partial charge in [-0.25, -0.2) is 0 Å². The van der Waals surface area contributed by atoms with Crippen LogP contribution >= 0.6 is 11.6 Å². The summed E-state index contributed by atoms with van der Waals surface area (Å²) in [7, 11) is 0. The predicted molar refractivity (Wildman–Crippen MR) is 118 cm³/mol. The molecule has 0 unspecified atom stereocenters. The molecule has 3 aromatic carbocycles. The van der Waals surface area contributed by atoms with Crippen LogP contribution in [0.2, 0.25) is 5.02 Å². The van der Waals surface area contributed by atoms with Crippen molar-refractivity contribution < 1.29 is 22.4 Å². The lowest BCUT2D eigenvalue weighted by molar-refractivity contribution is -0.187. The monoisotopic (exact) mass is 457 g/mol. The molecule has 1 amide bonds. The first-order chi connectivity index (χ1) is 15.2. The molecule has 0 bridgehead atoms. The van der Waals surface area contributed by atoms with Gasteiger partial charge in [-0.2, -0.15) is 13.2 Å². The SMILES string of the molecule is Cc1ccc2oc(CN(Cc3ccccc3)C(=O)C(F)(F)F)c(-c3ccc(Cl)cc3)c2c1. The van der Waals surface area contributed by atoms with Gasteiger partial charge in [0, 0.05) is 22.5 Å². The zero-order valence-corrected chi connectivity index (χ0v) is 17.9. The highest BCUT2D eigenvalue weighted by Gasteiger charge is 2.43. The minimum Gasteiger partial charge on any atom is -0.459 e. The minimum atomic E-state index is -5.00. The fourth-order valence-electron chi connectivity index (χ4n) is 3.66. The molecule has 32 heavy (non-hydrogen) atoms. The van der Waals surface area contributed by atoms with Crippen molar-refractivity contribution in [1.29, 1.82) is 0 Å². The van der Waals surface area contributed by atoms with Crippen molar-refractivity contribution in [2.45, 2.75) is 26.2 Å². The van der Waals surface area contributed by atoms with Crippen molar-refractivity contribution in [2.75, 3.05) is 0 Å². The number of carbonyl (C=O) groups is 1. The van der Waals surface area contributed by atoms with Crippen LogP contribution in [0.15, 0.2) is 77.2 Å². The summed E-state index contributed by atoms with van der Waals surface area (Å²) >= 11 is 6.02. The molecule has 0 aliphatic carbocycles. The Hall–Kier alpha value is -3.25. The summed E-state index contributed by atoms with van der Waals surface area (Å²) < 4.78 is 46.2. The third-order valence-electron chi connectivity index (χ3n) is 5.13. The molecule has 0 radical (unpaired) electrons. The Balaban J connectivity index is 1.82. The number of alkyl halides is 3. The summed E-state index contributed by atoms with van der Waals surface area (Å²) in [5.41, 5.74) is 3.49. The lowest BCUT2D eigenvalue weighted by Gasteiger charge is -2.23. The molecule has 0 N–H and O–H groups in total. The summed E-state index contributed by atoms with van der Waals surface area (Å²) in [6, 6.07) is 21.1. The smallest absolute Gasteiger partial charge is 0.459 e. The maximum absolute atomic E-state index is 13.4. The number of hydrogen-bond donors (Lipinski definition) is 0. The molecule has 1 aromatic heterocycles. The standard InChI is InChI=1S/C25H19ClF3NO2/c1-16-7-12-21-20(13-16)23(18-8-10-19(26)11-9-18)22(32-21)15-30(24(31)25(27,28)29)14-17-5-3-2-4-6-17/h2-13H,14-15H2,1H3. The molecule has 0 fully saturated rings. The molecule has 0 aliphatic rings. The highest BCUT2D eigenvalue weighted by molar-refractivity contribution is 6.30. The Labute approximate surface area is 188 Å². The molecule has 1 heterocycles. The van der Waals surface area contributed by atoms with E-state index in [1.165, 1.54) is 0 Å². The summed E-state index contributed by atoms with van der Waals surface area (Å²) in [6.45, 7) is 1.39. The Bertz CT molecular complexity index is 1250. The van der Waals surface area contributed by atoms with E-state index < -0.39 is 12.1 Å². The van der Waals surface area contributed by atoms with Gasteiger partial charge in [0.25, 0.3) is 0 Å². The van der Waals surface area contributed by atoms with Gasteiger partial charge in [-0.1, -0.05) is 65.7 Å². The van der Waals surface area contributed by atoms with Crippen molar-refractivity contribution >= 4 is 28.5 Å². The average molecular weight is 458 g/mol. The van der Waals surface area contributed by atoms with E-state index in [9.17, 15) is 18.0 Å². The van der Waals surface area contributed by atoms with Crippen LogP contribution in [-0.2, 0) is 17.9 Å². The van der Waals surface area contributed by atoms with E-state index in [2.05, 4.69) is 0 Å². The third kappa shape index (κ3) is 4.65. The Kier molecular flexibility index (Phi) is 5.98. The third-order valence-corrected chi connectivity index (χ3v) is 5.38. The molecule has 3 nitrogen and oxygen atoms in total. The highest BCUT2D eigenvalue weighted by Crippen LogP contribution is 2.37. The molecule has 0 saturated heterocycles. The number of aryl methyl sites for hydroxylation is 1. The van der Waals surface area contributed by atoms with Crippen LogP contribution < -0.4 is 0 Å². The van der Waals surface area contributed by atoms with Crippen molar-refractivity contribution in [3.63, 3.8) is 0 Å². The predicted octanol–water partition coefficient (Wildman–Crippen LogP) is 7.15. The van der Waals surface area contributed by atoms with E-state index in [0.29, 0.717) is 21.7 Å². The van der Waals surface area contributed by atoms with Crippen LogP contribution in [0.1, 0.15) is 16.9 Å². The topological polar surface area (TPSA) is 33.5 Å². The lowest BCUT2D eigenvalue weighted by atomic mass is 10.0. The lowest BCUT2D eigenvalue weighted by Crippen LogP contribution is -2.40. The van der Waals surface area contributed by atoms with E-state index in [0.717, 1.165) is 21.4 Å². The molecule has 0 spiro atoms. The number of amides is 1. The molecule has 4 aromatic rings. The first-order valence-corrected chi connectivity index (χ1v) is 10.3. The fraction of sp³-hybridized carbons (Fsp3) is 0.160. The quantitative estimate of drug-likeness (QED) is 0.319. The highest BCUT2D eigenvalue weighted by atomic mass is 35.5. The van der Waals surface area contributed by atoms with Gasteiger partial charge in [-0.15, -0.1) is 0 Å². The van der Waals surface area contributed by atoms with Crippen LogP contribution in [0.3, 0.4) is 0 Å². The molecular formula is C25H19ClF3NO2. The molecular weight excluding hydrogens is 439 g/mol. The molecule has 0 saturated carbocycles. The maximum atomic E-state index is 13.4. The van der Waals surface area contributed by atoms with Gasteiger partial charge in [-0.3, -0.25) is 4.79 Å². The van der Waals surface area contributed by atoms with Crippen LogP contribution in [-0.4, -0.2) is 17.0 Å². The van der Waals surface area contributed by atoms with Gasteiger partial charge < -0.3 is 9.32 Å². The fourth-order valence-corrected chi connectivity index (χ4v) is 3.79. The average Bonchev–Trinajstić information content (AvgIpc) is 3.10. The van der Waals surface area contributed by atoms with Crippen LogP contribution in [0.5, 0.6) is 0 Å². The van der Waals surface area contributed by atoms with E-state index in [1.807, 2.05) is 19.1 Å². The first-order valence-electron chi connectivity index (χ1n) is 9.90. The van der Waals surface area contributed by atoms with Crippen molar-refractivity contribution in [2.24, 2.45) is 0 Å². The normalized spacial score (nSPS) is 11.7. The number of halogens is 4. The van der Waals surface area contributed by atoms with E-state index in [-0.39, 0.29) is 18.8 Å². The molecule has 7 heteroatoms. The number of fused-ring (bicyclic) bond motifs is 1.